The fourth-order valence-corrected chi connectivity index (χ4v) is 2.27. The molecule has 0 unspecified atom stereocenters. The fraction of sp³-hybridized carbons (Fsp3) is 0.118. The van der Waals surface area contributed by atoms with Crippen molar-refractivity contribution in [3.8, 4) is 23.0 Å². The molecule has 0 spiro atoms. The van der Waals surface area contributed by atoms with Crippen LogP contribution in [0, 0.1) is 0 Å². The number of phenols is 1. The van der Waals surface area contributed by atoms with Gasteiger partial charge in [-0.3, -0.25) is 4.79 Å². The molecule has 5 nitrogen and oxygen atoms in total. The Labute approximate surface area is 127 Å². The zero-order chi connectivity index (χ0) is 15.7. The molecule has 5 heteroatoms. The third kappa shape index (κ3) is 2.37. The molecule has 3 rings (SSSR count). The summed E-state index contributed by atoms with van der Waals surface area (Å²) in [6.07, 6.45) is 1.63. The summed E-state index contributed by atoms with van der Waals surface area (Å²) in [5.74, 6) is 1.58. The van der Waals surface area contributed by atoms with E-state index in [9.17, 15) is 9.90 Å². The van der Waals surface area contributed by atoms with Crippen LogP contribution in [0.3, 0.4) is 0 Å². The number of hydrogen-bond acceptors (Lipinski definition) is 5. The molecule has 22 heavy (non-hydrogen) atoms. The summed E-state index contributed by atoms with van der Waals surface area (Å²) in [7, 11) is 3.10. The summed E-state index contributed by atoms with van der Waals surface area (Å²) in [5.41, 5.74) is 1.10. The summed E-state index contributed by atoms with van der Waals surface area (Å²) in [4.78, 5) is 12.3. The molecule has 0 atom stereocenters. The van der Waals surface area contributed by atoms with Crippen LogP contribution in [0.15, 0.2) is 42.2 Å². The molecule has 0 radical (unpaired) electrons. The van der Waals surface area contributed by atoms with Crippen molar-refractivity contribution in [3.63, 3.8) is 0 Å². The van der Waals surface area contributed by atoms with Crippen molar-refractivity contribution < 1.29 is 24.1 Å². The second-order valence-electron chi connectivity index (χ2n) is 4.73. The maximum atomic E-state index is 12.3. The molecule has 0 saturated carbocycles. The zero-order valence-electron chi connectivity index (χ0n) is 12.1. The first-order valence-corrected chi connectivity index (χ1v) is 6.61. The number of aromatic hydroxyl groups is 1. The van der Waals surface area contributed by atoms with Gasteiger partial charge in [-0.1, -0.05) is 6.07 Å². The van der Waals surface area contributed by atoms with Crippen LogP contribution in [0.1, 0.15) is 15.9 Å². The number of benzene rings is 2. The van der Waals surface area contributed by atoms with Gasteiger partial charge in [0.05, 0.1) is 19.8 Å². The molecule has 2 aromatic rings. The molecule has 112 valence electrons. The lowest BCUT2D eigenvalue weighted by Gasteiger charge is -2.08. The van der Waals surface area contributed by atoms with Crippen molar-refractivity contribution in [2.75, 3.05) is 14.2 Å². The molecule has 0 aliphatic carbocycles. The van der Waals surface area contributed by atoms with Gasteiger partial charge in [-0.15, -0.1) is 0 Å². The Morgan fingerprint density at radius 3 is 2.55 bits per heavy atom. The number of carbonyl (C=O) groups is 1. The maximum absolute atomic E-state index is 12.3. The lowest BCUT2D eigenvalue weighted by Crippen LogP contribution is -1.98. The highest BCUT2D eigenvalue weighted by Crippen LogP contribution is 2.35. The van der Waals surface area contributed by atoms with Gasteiger partial charge in [-0.2, -0.15) is 0 Å². The Kier molecular flexibility index (Phi) is 3.47. The van der Waals surface area contributed by atoms with E-state index in [-0.39, 0.29) is 17.3 Å². The fourth-order valence-electron chi connectivity index (χ4n) is 2.27. The molecule has 0 aromatic heterocycles. The minimum Gasteiger partial charge on any atom is -0.508 e. The van der Waals surface area contributed by atoms with E-state index in [1.54, 1.807) is 44.6 Å². The second kappa shape index (κ2) is 5.44. The molecule has 1 aliphatic rings. The van der Waals surface area contributed by atoms with E-state index in [2.05, 4.69) is 0 Å². The second-order valence-corrected chi connectivity index (χ2v) is 4.73. The van der Waals surface area contributed by atoms with E-state index in [1.165, 1.54) is 12.1 Å². The molecular formula is C17H14O5. The SMILES string of the molecule is COc1ccc(/C=C2/Oc3ccc(O)cc3C2=O)cc1OC. The molecule has 1 heterocycles. The van der Waals surface area contributed by atoms with Crippen LogP contribution in [-0.2, 0) is 0 Å². The third-order valence-corrected chi connectivity index (χ3v) is 3.36. The molecular weight excluding hydrogens is 284 g/mol. The van der Waals surface area contributed by atoms with Gasteiger partial charge >= 0.3 is 0 Å². The summed E-state index contributed by atoms with van der Waals surface area (Å²) < 4.78 is 15.9. The van der Waals surface area contributed by atoms with Crippen molar-refractivity contribution in [3.05, 3.63) is 53.3 Å². The normalized spacial score (nSPS) is 14.6. The minimum absolute atomic E-state index is 0.0306. The molecule has 0 fully saturated rings. The van der Waals surface area contributed by atoms with Gasteiger partial charge in [-0.05, 0) is 42.0 Å². The summed E-state index contributed by atoms with van der Waals surface area (Å²) in [6.45, 7) is 0. The van der Waals surface area contributed by atoms with Crippen LogP contribution in [0.4, 0.5) is 0 Å². The highest BCUT2D eigenvalue weighted by Gasteiger charge is 2.27. The number of fused-ring (bicyclic) bond motifs is 1. The van der Waals surface area contributed by atoms with E-state index in [4.69, 9.17) is 14.2 Å². The largest absolute Gasteiger partial charge is 0.508 e. The van der Waals surface area contributed by atoms with Crippen LogP contribution < -0.4 is 14.2 Å². The zero-order valence-corrected chi connectivity index (χ0v) is 12.1. The number of rotatable bonds is 3. The Bertz CT molecular complexity index is 777. The van der Waals surface area contributed by atoms with Crippen LogP contribution in [0.2, 0.25) is 0 Å². The molecule has 0 amide bonds. The van der Waals surface area contributed by atoms with Gasteiger partial charge in [0, 0.05) is 0 Å². The Balaban J connectivity index is 1.96. The monoisotopic (exact) mass is 298 g/mol. The summed E-state index contributed by atoms with van der Waals surface area (Å²) in [6, 6.07) is 9.74. The van der Waals surface area contributed by atoms with Crippen LogP contribution in [-0.4, -0.2) is 25.1 Å². The van der Waals surface area contributed by atoms with E-state index >= 15 is 0 Å². The van der Waals surface area contributed by atoms with Gasteiger partial charge < -0.3 is 19.3 Å². The van der Waals surface area contributed by atoms with Gasteiger partial charge in [0.1, 0.15) is 11.5 Å². The quantitative estimate of drug-likeness (QED) is 0.882. The lowest BCUT2D eigenvalue weighted by molar-refractivity contribution is 0.101. The predicted molar refractivity (Wildman–Crippen MR) is 80.6 cm³/mol. The number of ketones is 1. The lowest BCUT2D eigenvalue weighted by atomic mass is 10.1. The van der Waals surface area contributed by atoms with Gasteiger partial charge in [0.2, 0.25) is 5.78 Å². The average Bonchev–Trinajstić information content (AvgIpc) is 2.83. The highest BCUT2D eigenvalue weighted by atomic mass is 16.5. The van der Waals surface area contributed by atoms with E-state index < -0.39 is 0 Å². The summed E-state index contributed by atoms with van der Waals surface area (Å²) >= 11 is 0. The first-order valence-electron chi connectivity index (χ1n) is 6.61. The standard InChI is InChI=1S/C17H14O5/c1-20-14-5-3-10(7-15(14)21-2)8-16-17(19)12-9-11(18)4-6-13(12)22-16/h3-9,18H,1-2H3/b16-8+. The average molecular weight is 298 g/mol. The predicted octanol–water partition coefficient (Wildman–Crippen LogP) is 3.03. The van der Waals surface area contributed by atoms with Crippen molar-refractivity contribution in [1.82, 2.24) is 0 Å². The number of allylic oxidation sites excluding steroid dienone is 1. The third-order valence-electron chi connectivity index (χ3n) is 3.36. The van der Waals surface area contributed by atoms with Crippen molar-refractivity contribution in [1.29, 1.82) is 0 Å². The van der Waals surface area contributed by atoms with Gasteiger partial charge in [0.25, 0.3) is 0 Å². The van der Waals surface area contributed by atoms with Crippen molar-refractivity contribution in [2.45, 2.75) is 0 Å². The van der Waals surface area contributed by atoms with Crippen molar-refractivity contribution in [2.24, 2.45) is 0 Å². The van der Waals surface area contributed by atoms with Crippen LogP contribution in [0.25, 0.3) is 6.08 Å². The maximum Gasteiger partial charge on any atom is 0.232 e. The Morgan fingerprint density at radius 1 is 1.05 bits per heavy atom. The molecule has 1 aliphatic heterocycles. The van der Waals surface area contributed by atoms with E-state index in [0.717, 1.165) is 5.56 Å². The molecule has 0 saturated heterocycles. The van der Waals surface area contributed by atoms with E-state index in [1.807, 2.05) is 0 Å². The topological polar surface area (TPSA) is 65.0 Å². The first-order chi connectivity index (χ1) is 10.6. The first kappa shape index (κ1) is 14.0. The van der Waals surface area contributed by atoms with Gasteiger partial charge in [-0.25, -0.2) is 0 Å². The number of Topliss-reactive ketones (excluding diaryl/α,β-unsaturated/α-hetero) is 1. The Morgan fingerprint density at radius 2 is 1.82 bits per heavy atom. The molecule has 1 N–H and O–H groups in total. The minimum atomic E-state index is -0.263. The molecule has 2 aromatic carbocycles. The number of hydrogen-bond donors (Lipinski definition) is 1. The number of methoxy groups -OCH3 is 2. The molecule has 0 bridgehead atoms. The number of carbonyl (C=O) groups excluding carboxylic acids is 1. The van der Waals surface area contributed by atoms with E-state index in [0.29, 0.717) is 22.8 Å². The van der Waals surface area contributed by atoms with Crippen LogP contribution >= 0.6 is 0 Å². The van der Waals surface area contributed by atoms with Gasteiger partial charge in [0.15, 0.2) is 17.3 Å². The Hall–Kier alpha value is -2.95. The summed E-state index contributed by atoms with van der Waals surface area (Å²) in [5, 5.41) is 9.46. The smallest absolute Gasteiger partial charge is 0.232 e. The number of phenolic OH excluding ortho intramolecular Hbond substituents is 1. The van der Waals surface area contributed by atoms with Crippen LogP contribution in [0.5, 0.6) is 23.0 Å². The van der Waals surface area contributed by atoms with Crippen molar-refractivity contribution >= 4 is 11.9 Å². The number of ether oxygens (including phenoxy) is 3. The highest BCUT2D eigenvalue weighted by molar-refractivity contribution is 6.14.